The van der Waals surface area contributed by atoms with Crippen molar-refractivity contribution in [2.24, 2.45) is 0 Å². The highest BCUT2D eigenvalue weighted by Crippen LogP contribution is 2.30. The molecule has 2 nitrogen and oxygen atoms in total. The maximum Gasteiger partial charge on any atom is 0.208 e. The lowest BCUT2D eigenvalue weighted by Gasteiger charge is -2.32. The molecule has 0 aromatic heterocycles. The summed E-state index contributed by atoms with van der Waals surface area (Å²) in [5, 5.41) is 10.1. The van der Waals surface area contributed by atoms with Crippen LogP contribution in [0.25, 0.3) is 0 Å². The number of hydrogen-bond acceptors (Lipinski definition) is 2. The van der Waals surface area contributed by atoms with Gasteiger partial charge in [0.25, 0.3) is 0 Å². The Morgan fingerprint density at radius 3 is 2.29 bits per heavy atom. The molecule has 0 amide bonds. The largest absolute Gasteiger partial charge is 0.463 e. The van der Waals surface area contributed by atoms with Gasteiger partial charge in [0.2, 0.25) is 5.79 Å². The average molecular weight is 192 g/mol. The summed E-state index contributed by atoms with van der Waals surface area (Å²) < 4.78 is 5.60. The van der Waals surface area contributed by atoms with Crippen LogP contribution in [0.3, 0.4) is 0 Å². The molecule has 14 heavy (non-hydrogen) atoms. The zero-order valence-electron chi connectivity index (χ0n) is 8.28. The van der Waals surface area contributed by atoms with Crippen molar-refractivity contribution in [1.29, 1.82) is 0 Å². The van der Waals surface area contributed by atoms with E-state index in [1.54, 1.807) is 0 Å². The van der Waals surface area contributed by atoms with E-state index < -0.39 is 5.79 Å². The molecule has 76 valence electrons. The third-order valence-corrected chi connectivity index (χ3v) is 2.69. The minimum atomic E-state index is -0.917. The fourth-order valence-electron chi connectivity index (χ4n) is 1.91. The summed E-state index contributed by atoms with van der Waals surface area (Å²) in [4.78, 5) is 0. The zero-order valence-corrected chi connectivity index (χ0v) is 8.28. The van der Waals surface area contributed by atoms with Crippen LogP contribution in [0.4, 0.5) is 0 Å². The first-order chi connectivity index (χ1) is 6.79. The third-order valence-electron chi connectivity index (χ3n) is 2.69. The zero-order chi connectivity index (χ0) is 9.86. The normalized spacial score (nSPS) is 20.4. The molecule has 1 N–H and O–H groups in total. The molecular formula is C12H16O2. The Labute approximate surface area is 84.5 Å². The SMILES string of the molecule is OC1(Oc2ccccc2)CCCCC1. The number of benzene rings is 1. The standard InChI is InChI=1S/C12H16O2/c13-12(9-5-2-6-10-12)14-11-7-3-1-4-8-11/h1,3-4,7-8,13H,2,5-6,9-10H2. The molecule has 2 rings (SSSR count). The van der Waals surface area contributed by atoms with Gasteiger partial charge in [0.1, 0.15) is 5.75 Å². The maximum absolute atomic E-state index is 10.1. The van der Waals surface area contributed by atoms with Gasteiger partial charge in [0.05, 0.1) is 0 Å². The van der Waals surface area contributed by atoms with Crippen LogP contribution in [0, 0.1) is 0 Å². The number of hydrogen-bond donors (Lipinski definition) is 1. The van der Waals surface area contributed by atoms with Crippen LogP contribution in [-0.2, 0) is 0 Å². The summed E-state index contributed by atoms with van der Waals surface area (Å²) in [6.45, 7) is 0. The van der Waals surface area contributed by atoms with Crippen LogP contribution in [0.2, 0.25) is 0 Å². The van der Waals surface area contributed by atoms with Crippen molar-refractivity contribution in [2.45, 2.75) is 37.9 Å². The second-order valence-corrected chi connectivity index (χ2v) is 3.92. The number of aliphatic hydroxyl groups is 1. The van der Waals surface area contributed by atoms with Crippen molar-refractivity contribution < 1.29 is 9.84 Å². The van der Waals surface area contributed by atoms with Crippen LogP contribution >= 0.6 is 0 Å². The smallest absolute Gasteiger partial charge is 0.208 e. The molecule has 0 spiro atoms. The molecule has 1 aliphatic rings. The van der Waals surface area contributed by atoms with Crippen molar-refractivity contribution in [3.05, 3.63) is 30.3 Å². The van der Waals surface area contributed by atoms with Crippen molar-refractivity contribution in [3.8, 4) is 5.75 Å². The van der Waals surface area contributed by atoms with Crippen LogP contribution in [0.5, 0.6) is 5.75 Å². The van der Waals surface area contributed by atoms with E-state index in [-0.39, 0.29) is 0 Å². The molecule has 1 fully saturated rings. The van der Waals surface area contributed by atoms with Gasteiger partial charge in [-0.25, -0.2) is 0 Å². The maximum atomic E-state index is 10.1. The predicted octanol–water partition coefficient (Wildman–Crippen LogP) is 2.72. The van der Waals surface area contributed by atoms with E-state index in [1.165, 1.54) is 6.42 Å². The van der Waals surface area contributed by atoms with E-state index in [2.05, 4.69) is 0 Å². The summed E-state index contributed by atoms with van der Waals surface area (Å²) in [7, 11) is 0. The van der Waals surface area contributed by atoms with Crippen molar-refractivity contribution in [1.82, 2.24) is 0 Å². The number of rotatable bonds is 2. The molecule has 2 heteroatoms. The van der Waals surface area contributed by atoms with E-state index in [9.17, 15) is 5.11 Å². The Morgan fingerprint density at radius 2 is 1.64 bits per heavy atom. The predicted molar refractivity (Wildman–Crippen MR) is 55.1 cm³/mol. The van der Waals surface area contributed by atoms with Gasteiger partial charge in [-0.2, -0.15) is 0 Å². The quantitative estimate of drug-likeness (QED) is 0.730. The van der Waals surface area contributed by atoms with Gasteiger partial charge >= 0.3 is 0 Å². The Kier molecular flexibility index (Phi) is 2.73. The Morgan fingerprint density at radius 1 is 1.00 bits per heavy atom. The molecule has 1 saturated carbocycles. The molecule has 0 unspecified atom stereocenters. The van der Waals surface area contributed by atoms with Gasteiger partial charge in [0, 0.05) is 12.8 Å². The summed E-state index contributed by atoms with van der Waals surface area (Å²) in [6, 6.07) is 9.54. The average Bonchev–Trinajstić information content (AvgIpc) is 2.19. The lowest BCUT2D eigenvalue weighted by Crippen LogP contribution is -2.37. The highest BCUT2D eigenvalue weighted by molar-refractivity contribution is 5.21. The number of para-hydroxylation sites is 1. The lowest BCUT2D eigenvalue weighted by molar-refractivity contribution is -0.158. The highest BCUT2D eigenvalue weighted by Gasteiger charge is 2.30. The van der Waals surface area contributed by atoms with Gasteiger partial charge in [-0.15, -0.1) is 0 Å². The van der Waals surface area contributed by atoms with E-state index in [0.717, 1.165) is 31.4 Å². The molecule has 1 aliphatic carbocycles. The van der Waals surface area contributed by atoms with Crippen LogP contribution in [-0.4, -0.2) is 10.9 Å². The third kappa shape index (κ3) is 2.26. The first-order valence-corrected chi connectivity index (χ1v) is 5.25. The number of ether oxygens (including phenoxy) is 1. The van der Waals surface area contributed by atoms with Crippen molar-refractivity contribution in [3.63, 3.8) is 0 Å². The fourth-order valence-corrected chi connectivity index (χ4v) is 1.91. The van der Waals surface area contributed by atoms with Crippen molar-refractivity contribution in [2.75, 3.05) is 0 Å². The summed E-state index contributed by atoms with van der Waals surface area (Å²) in [5.74, 6) is -0.156. The minimum absolute atomic E-state index is 0.752. The Hall–Kier alpha value is -1.02. The van der Waals surface area contributed by atoms with Crippen LogP contribution < -0.4 is 4.74 Å². The summed E-state index contributed by atoms with van der Waals surface area (Å²) in [5.41, 5.74) is 0. The first-order valence-electron chi connectivity index (χ1n) is 5.25. The molecule has 0 aliphatic heterocycles. The van der Waals surface area contributed by atoms with E-state index in [0.29, 0.717) is 0 Å². The summed E-state index contributed by atoms with van der Waals surface area (Å²) >= 11 is 0. The van der Waals surface area contributed by atoms with E-state index in [1.807, 2.05) is 30.3 Å². The monoisotopic (exact) mass is 192 g/mol. The molecule has 0 saturated heterocycles. The van der Waals surface area contributed by atoms with Crippen LogP contribution in [0.1, 0.15) is 32.1 Å². The minimum Gasteiger partial charge on any atom is -0.463 e. The van der Waals surface area contributed by atoms with Crippen LogP contribution in [0.15, 0.2) is 30.3 Å². The van der Waals surface area contributed by atoms with Crippen molar-refractivity contribution >= 4 is 0 Å². The Bertz CT molecular complexity index is 276. The van der Waals surface area contributed by atoms with E-state index >= 15 is 0 Å². The molecule has 0 atom stereocenters. The second-order valence-electron chi connectivity index (χ2n) is 3.92. The highest BCUT2D eigenvalue weighted by atomic mass is 16.6. The van der Waals surface area contributed by atoms with E-state index in [4.69, 9.17) is 4.74 Å². The van der Waals surface area contributed by atoms with Gasteiger partial charge in [0.15, 0.2) is 0 Å². The molecular weight excluding hydrogens is 176 g/mol. The fraction of sp³-hybridized carbons (Fsp3) is 0.500. The van der Waals surface area contributed by atoms with Gasteiger partial charge in [-0.3, -0.25) is 0 Å². The first kappa shape index (κ1) is 9.53. The molecule has 0 heterocycles. The Balaban J connectivity index is 2.02. The molecule has 1 aromatic rings. The van der Waals surface area contributed by atoms with Gasteiger partial charge in [-0.05, 0) is 25.0 Å². The van der Waals surface area contributed by atoms with Gasteiger partial charge < -0.3 is 9.84 Å². The molecule has 0 bridgehead atoms. The summed E-state index contributed by atoms with van der Waals surface area (Å²) in [6.07, 6.45) is 4.83. The lowest BCUT2D eigenvalue weighted by atomic mass is 9.94. The second kappa shape index (κ2) is 4.01. The molecule has 0 radical (unpaired) electrons. The topological polar surface area (TPSA) is 29.5 Å². The van der Waals surface area contributed by atoms with Gasteiger partial charge in [-0.1, -0.05) is 24.6 Å². The molecule has 1 aromatic carbocycles.